The summed E-state index contributed by atoms with van der Waals surface area (Å²) in [7, 11) is 0. The highest BCUT2D eigenvalue weighted by Gasteiger charge is 2.35. The van der Waals surface area contributed by atoms with E-state index in [4.69, 9.17) is 5.11 Å². The van der Waals surface area contributed by atoms with Crippen molar-refractivity contribution >= 4 is 11.9 Å². The van der Waals surface area contributed by atoms with E-state index in [-0.39, 0.29) is 23.8 Å². The van der Waals surface area contributed by atoms with Gasteiger partial charge in [-0.05, 0) is 51.9 Å². The average molecular weight is 281 g/mol. The highest BCUT2D eigenvalue weighted by Crippen LogP contribution is 2.33. The summed E-state index contributed by atoms with van der Waals surface area (Å²) in [5.74, 6) is -0.279. The molecule has 0 spiro atoms. The predicted octanol–water partition coefficient (Wildman–Crippen LogP) is 2.91. The van der Waals surface area contributed by atoms with Gasteiger partial charge in [0.2, 0.25) is 5.91 Å². The van der Waals surface area contributed by atoms with Crippen LogP contribution < -0.4 is 0 Å². The molecule has 4 heteroatoms. The molecule has 0 aliphatic heterocycles. The van der Waals surface area contributed by atoms with Gasteiger partial charge in [-0.2, -0.15) is 0 Å². The monoisotopic (exact) mass is 281 g/mol. The number of carbonyl (C=O) groups is 2. The summed E-state index contributed by atoms with van der Waals surface area (Å²) in [6.45, 7) is 4.99. The van der Waals surface area contributed by atoms with E-state index in [2.05, 4.69) is 13.8 Å². The molecular formula is C16H27NO3. The van der Waals surface area contributed by atoms with Gasteiger partial charge < -0.3 is 10.0 Å². The van der Waals surface area contributed by atoms with E-state index in [9.17, 15) is 9.59 Å². The van der Waals surface area contributed by atoms with Crippen molar-refractivity contribution in [2.45, 2.75) is 64.8 Å². The SMILES string of the molecule is CC(C)N(CC1CCC1)C(=O)C1CCCC(C(=O)O)C1. The summed E-state index contributed by atoms with van der Waals surface area (Å²) in [6.07, 6.45) is 6.73. The van der Waals surface area contributed by atoms with E-state index in [0.29, 0.717) is 12.3 Å². The zero-order valence-electron chi connectivity index (χ0n) is 12.7. The Balaban J connectivity index is 1.96. The van der Waals surface area contributed by atoms with Crippen LogP contribution in [-0.2, 0) is 9.59 Å². The maximum atomic E-state index is 12.7. The maximum Gasteiger partial charge on any atom is 0.306 e. The smallest absolute Gasteiger partial charge is 0.306 e. The zero-order chi connectivity index (χ0) is 14.7. The van der Waals surface area contributed by atoms with Crippen LogP contribution >= 0.6 is 0 Å². The zero-order valence-corrected chi connectivity index (χ0v) is 12.7. The fourth-order valence-corrected chi connectivity index (χ4v) is 3.38. The van der Waals surface area contributed by atoms with E-state index in [1.54, 1.807) is 0 Å². The lowest BCUT2D eigenvalue weighted by atomic mass is 9.80. The van der Waals surface area contributed by atoms with Crippen LogP contribution in [0.3, 0.4) is 0 Å². The lowest BCUT2D eigenvalue weighted by Gasteiger charge is -2.38. The highest BCUT2D eigenvalue weighted by atomic mass is 16.4. The van der Waals surface area contributed by atoms with Crippen LogP contribution in [0.1, 0.15) is 58.8 Å². The molecule has 0 heterocycles. The summed E-state index contributed by atoms with van der Waals surface area (Å²) < 4.78 is 0. The molecule has 0 saturated heterocycles. The molecular weight excluding hydrogens is 254 g/mol. The molecule has 1 amide bonds. The van der Waals surface area contributed by atoms with Gasteiger partial charge in [0.25, 0.3) is 0 Å². The van der Waals surface area contributed by atoms with Gasteiger partial charge in [-0.25, -0.2) is 0 Å². The summed E-state index contributed by atoms with van der Waals surface area (Å²) in [5.41, 5.74) is 0. The van der Waals surface area contributed by atoms with Crippen molar-refractivity contribution in [2.24, 2.45) is 17.8 Å². The Morgan fingerprint density at radius 3 is 2.20 bits per heavy atom. The normalized spacial score (nSPS) is 27.1. The number of rotatable bonds is 5. The Morgan fingerprint density at radius 1 is 1.10 bits per heavy atom. The first-order valence-corrected chi connectivity index (χ1v) is 8.02. The second-order valence-electron chi connectivity index (χ2n) is 6.78. The maximum absolute atomic E-state index is 12.7. The number of carboxylic acids is 1. The standard InChI is InChI=1S/C16H27NO3/c1-11(2)17(10-12-5-3-6-12)15(18)13-7-4-8-14(9-13)16(19)20/h11-14H,3-10H2,1-2H3,(H,19,20). The number of hydrogen-bond acceptors (Lipinski definition) is 2. The molecule has 2 aliphatic carbocycles. The first-order chi connectivity index (χ1) is 9.49. The van der Waals surface area contributed by atoms with Gasteiger partial charge in [-0.1, -0.05) is 12.8 Å². The summed E-state index contributed by atoms with van der Waals surface area (Å²) in [5, 5.41) is 9.15. The molecule has 2 saturated carbocycles. The van der Waals surface area contributed by atoms with Crippen molar-refractivity contribution < 1.29 is 14.7 Å². The molecule has 0 aromatic carbocycles. The molecule has 2 rings (SSSR count). The Bertz CT molecular complexity index is 363. The van der Waals surface area contributed by atoms with Crippen LogP contribution in [0, 0.1) is 17.8 Å². The third-order valence-corrected chi connectivity index (χ3v) is 4.96. The highest BCUT2D eigenvalue weighted by molar-refractivity contribution is 5.80. The number of aliphatic carboxylic acids is 1. The average Bonchev–Trinajstić information content (AvgIpc) is 2.36. The summed E-state index contributed by atoms with van der Waals surface area (Å²) in [4.78, 5) is 25.8. The minimum absolute atomic E-state index is 0.0765. The van der Waals surface area contributed by atoms with Crippen LogP contribution in [0.15, 0.2) is 0 Å². The molecule has 0 aromatic heterocycles. The van der Waals surface area contributed by atoms with E-state index < -0.39 is 5.97 Å². The number of carboxylic acid groups (broad SMARTS) is 1. The van der Waals surface area contributed by atoms with Crippen molar-refractivity contribution in [3.8, 4) is 0 Å². The third-order valence-electron chi connectivity index (χ3n) is 4.96. The van der Waals surface area contributed by atoms with Crippen LogP contribution in [0.2, 0.25) is 0 Å². The topological polar surface area (TPSA) is 57.6 Å². The van der Waals surface area contributed by atoms with Crippen molar-refractivity contribution in [3.05, 3.63) is 0 Å². The van der Waals surface area contributed by atoms with Crippen LogP contribution in [0.4, 0.5) is 0 Å². The molecule has 0 aromatic rings. The Labute approximate surface area is 121 Å². The number of nitrogens with zero attached hydrogens (tertiary/aromatic N) is 1. The minimum atomic E-state index is -0.738. The molecule has 2 fully saturated rings. The minimum Gasteiger partial charge on any atom is -0.481 e. The fraction of sp³-hybridized carbons (Fsp3) is 0.875. The van der Waals surface area contributed by atoms with E-state index in [1.165, 1.54) is 19.3 Å². The van der Waals surface area contributed by atoms with Crippen LogP contribution in [0.25, 0.3) is 0 Å². The second kappa shape index (κ2) is 6.59. The lowest BCUT2D eigenvalue weighted by molar-refractivity contribution is -0.146. The Kier molecular flexibility index (Phi) is 5.06. The molecule has 2 aliphatic rings. The molecule has 1 N–H and O–H groups in total. The molecule has 20 heavy (non-hydrogen) atoms. The van der Waals surface area contributed by atoms with Crippen LogP contribution in [-0.4, -0.2) is 34.5 Å². The molecule has 0 radical (unpaired) electrons. The van der Waals surface area contributed by atoms with Crippen molar-refractivity contribution in [1.29, 1.82) is 0 Å². The molecule has 2 unspecified atom stereocenters. The lowest BCUT2D eigenvalue weighted by Crippen LogP contribution is -2.46. The number of carbonyl (C=O) groups excluding carboxylic acids is 1. The van der Waals surface area contributed by atoms with Gasteiger partial charge in [0, 0.05) is 18.5 Å². The Hall–Kier alpha value is -1.06. The molecule has 114 valence electrons. The third kappa shape index (κ3) is 3.53. The second-order valence-corrected chi connectivity index (χ2v) is 6.78. The van der Waals surface area contributed by atoms with Gasteiger partial charge in [0.05, 0.1) is 5.92 Å². The first-order valence-electron chi connectivity index (χ1n) is 8.02. The number of amides is 1. The number of hydrogen-bond donors (Lipinski definition) is 1. The van der Waals surface area contributed by atoms with Gasteiger partial charge in [0.1, 0.15) is 0 Å². The largest absolute Gasteiger partial charge is 0.481 e. The molecule has 4 nitrogen and oxygen atoms in total. The van der Waals surface area contributed by atoms with E-state index >= 15 is 0 Å². The molecule has 2 atom stereocenters. The molecule has 0 bridgehead atoms. The van der Waals surface area contributed by atoms with Gasteiger partial charge in [-0.3, -0.25) is 9.59 Å². The predicted molar refractivity (Wildman–Crippen MR) is 77.3 cm³/mol. The van der Waals surface area contributed by atoms with Gasteiger partial charge in [0.15, 0.2) is 0 Å². The van der Waals surface area contributed by atoms with Crippen molar-refractivity contribution in [2.75, 3.05) is 6.54 Å². The van der Waals surface area contributed by atoms with E-state index in [1.807, 2.05) is 4.90 Å². The summed E-state index contributed by atoms with van der Waals surface area (Å²) in [6, 6.07) is 0.216. The first kappa shape index (κ1) is 15.3. The quantitative estimate of drug-likeness (QED) is 0.843. The van der Waals surface area contributed by atoms with Crippen LogP contribution in [0.5, 0.6) is 0 Å². The van der Waals surface area contributed by atoms with Gasteiger partial charge in [-0.15, -0.1) is 0 Å². The fourth-order valence-electron chi connectivity index (χ4n) is 3.38. The van der Waals surface area contributed by atoms with Crippen molar-refractivity contribution in [3.63, 3.8) is 0 Å². The van der Waals surface area contributed by atoms with Gasteiger partial charge >= 0.3 is 5.97 Å². The Morgan fingerprint density at radius 2 is 1.70 bits per heavy atom. The van der Waals surface area contributed by atoms with Crippen molar-refractivity contribution in [1.82, 2.24) is 4.90 Å². The summed E-state index contributed by atoms with van der Waals surface area (Å²) >= 11 is 0. The van der Waals surface area contributed by atoms with E-state index in [0.717, 1.165) is 25.8 Å².